The first kappa shape index (κ1) is 15.8. The molecule has 0 aliphatic carbocycles. The van der Waals surface area contributed by atoms with Crippen LogP contribution in [-0.2, 0) is 4.74 Å². The molecular formula is C18H19NO3. The molecule has 114 valence electrons. The summed E-state index contributed by atoms with van der Waals surface area (Å²) in [7, 11) is 0. The first-order valence-corrected chi connectivity index (χ1v) is 7.04. The lowest BCUT2D eigenvalue weighted by Gasteiger charge is -2.19. The first-order chi connectivity index (χ1) is 10.3. The summed E-state index contributed by atoms with van der Waals surface area (Å²) in [5.74, 6) is -0.618. The molecule has 0 saturated carbocycles. The maximum Gasteiger partial charge on any atom is 0.344 e. The predicted octanol–water partition coefficient (Wildman–Crippen LogP) is 3.50. The SMILES string of the molecule is CC(C)(C)OC(=O)c1c[nH]c(/C=C/c2ccccc2)cc1=O. The van der Waals surface area contributed by atoms with Crippen LogP contribution in [-0.4, -0.2) is 16.6 Å². The third-order valence-corrected chi connectivity index (χ3v) is 2.81. The summed E-state index contributed by atoms with van der Waals surface area (Å²) in [6.07, 6.45) is 5.06. The van der Waals surface area contributed by atoms with Crippen LogP contribution in [0.2, 0.25) is 0 Å². The molecule has 1 aromatic carbocycles. The molecule has 0 saturated heterocycles. The van der Waals surface area contributed by atoms with E-state index in [9.17, 15) is 9.59 Å². The third kappa shape index (κ3) is 4.45. The van der Waals surface area contributed by atoms with Gasteiger partial charge < -0.3 is 9.72 Å². The summed E-state index contributed by atoms with van der Waals surface area (Å²) < 4.78 is 5.20. The van der Waals surface area contributed by atoms with Crippen molar-refractivity contribution in [1.29, 1.82) is 0 Å². The van der Waals surface area contributed by atoms with Crippen LogP contribution in [0.5, 0.6) is 0 Å². The third-order valence-electron chi connectivity index (χ3n) is 2.81. The fraction of sp³-hybridized carbons (Fsp3) is 0.222. The number of aromatic amines is 1. The Bertz CT molecular complexity index is 737. The number of esters is 1. The number of rotatable bonds is 3. The van der Waals surface area contributed by atoms with Crippen LogP contribution in [0.1, 0.15) is 42.4 Å². The standard InChI is InChI=1S/C18H19NO3/c1-18(2,3)22-17(21)15-12-19-14(11-16(15)20)10-9-13-7-5-4-6-8-13/h4-12H,1-3H3,(H,19,20)/b10-9+. The molecule has 0 bridgehead atoms. The van der Waals surface area contributed by atoms with E-state index in [-0.39, 0.29) is 11.0 Å². The van der Waals surface area contributed by atoms with Gasteiger partial charge in [0.05, 0.1) is 0 Å². The fourth-order valence-electron chi connectivity index (χ4n) is 1.83. The van der Waals surface area contributed by atoms with Gasteiger partial charge in [0.1, 0.15) is 11.2 Å². The molecule has 0 aliphatic rings. The molecule has 0 radical (unpaired) electrons. The van der Waals surface area contributed by atoms with Crippen LogP contribution < -0.4 is 5.43 Å². The minimum Gasteiger partial charge on any atom is -0.456 e. The van der Waals surface area contributed by atoms with Crippen molar-refractivity contribution in [3.63, 3.8) is 0 Å². The number of hydrogen-bond acceptors (Lipinski definition) is 3. The van der Waals surface area contributed by atoms with Crippen molar-refractivity contribution in [2.75, 3.05) is 0 Å². The second-order valence-corrected chi connectivity index (χ2v) is 5.91. The van der Waals surface area contributed by atoms with Crippen LogP contribution in [0.15, 0.2) is 47.4 Å². The number of ether oxygens (including phenoxy) is 1. The molecule has 0 unspecified atom stereocenters. The van der Waals surface area contributed by atoms with Gasteiger partial charge in [-0.1, -0.05) is 36.4 Å². The Balaban J connectivity index is 2.18. The topological polar surface area (TPSA) is 59.2 Å². The molecule has 2 rings (SSSR count). The Hall–Kier alpha value is -2.62. The van der Waals surface area contributed by atoms with Crippen molar-refractivity contribution in [1.82, 2.24) is 4.98 Å². The van der Waals surface area contributed by atoms with E-state index >= 15 is 0 Å². The summed E-state index contributed by atoms with van der Waals surface area (Å²) in [6.45, 7) is 5.28. The second-order valence-electron chi connectivity index (χ2n) is 5.91. The van der Waals surface area contributed by atoms with Gasteiger partial charge in [0.25, 0.3) is 0 Å². The van der Waals surface area contributed by atoms with Gasteiger partial charge in [0, 0.05) is 18.0 Å². The lowest BCUT2D eigenvalue weighted by molar-refractivity contribution is 0.00677. The zero-order chi connectivity index (χ0) is 16.2. The molecule has 1 aromatic heterocycles. The number of nitrogens with one attached hydrogen (secondary N) is 1. The summed E-state index contributed by atoms with van der Waals surface area (Å²) >= 11 is 0. The Morgan fingerprint density at radius 1 is 1.14 bits per heavy atom. The Morgan fingerprint density at radius 2 is 1.82 bits per heavy atom. The summed E-state index contributed by atoms with van der Waals surface area (Å²) in [5.41, 5.74) is 0.670. The van der Waals surface area contributed by atoms with Crippen molar-refractivity contribution in [2.45, 2.75) is 26.4 Å². The molecule has 4 nitrogen and oxygen atoms in total. The Labute approximate surface area is 129 Å². The molecule has 0 fully saturated rings. The average Bonchev–Trinajstić information content (AvgIpc) is 2.44. The highest BCUT2D eigenvalue weighted by atomic mass is 16.6. The van der Waals surface area contributed by atoms with E-state index in [1.807, 2.05) is 36.4 Å². The molecule has 22 heavy (non-hydrogen) atoms. The van der Waals surface area contributed by atoms with Gasteiger partial charge in [-0.2, -0.15) is 0 Å². The summed E-state index contributed by atoms with van der Waals surface area (Å²) in [5, 5.41) is 0. The number of benzene rings is 1. The van der Waals surface area contributed by atoms with Crippen molar-refractivity contribution in [3.05, 3.63) is 69.6 Å². The summed E-state index contributed by atoms with van der Waals surface area (Å²) in [4.78, 5) is 26.9. The summed E-state index contributed by atoms with van der Waals surface area (Å²) in [6, 6.07) is 11.1. The first-order valence-electron chi connectivity index (χ1n) is 7.04. The van der Waals surface area contributed by atoms with E-state index in [1.54, 1.807) is 26.8 Å². The Morgan fingerprint density at radius 3 is 2.41 bits per heavy atom. The van der Waals surface area contributed by atoms with Gasteiger partial charge in [-0.3, -0.25) is 4.79 Å². The van der Waals surface area contributed by atoms with Crippen LogP contribution in [0.25, 0.3) is 12.2 Å². The quantitative estimate of drug-likeness (QED) is 0.882. The van der Waals surface area contributed by atoms with Gasteiger partial charge in [-0.25, -0.2) is 4.79 Å². The van der Waals surface area contributed by atoms with E-state index < -0.39 is 11.6 Å². The Kier molecular flexibility index (Phi) is 4.61. The number of pyridine rings is 1. The lowest BCUT2D eigenvalue weighted by atomic mass is 10.1. The molecule has 4 heteroatoms. The molecule has 0 aliphatic heterocycles. The number of carbonyl (C=O) groups is 1. The van der Waals surface area contributed by atoms with Crippen molar-refractivity contribution in [2.24, 2.45) is 0 Å². The maximum absolute atomic E-state index is 12.0. The number of hydrogen-bond donors (Lipinski definition) is 1. The van der Waals surface area contributed by atoms with Gasteiger partial charge in [-0.05, 0) is 32.4 Å². The number of aromatic nitrogens is 1. The van der Waals surface area contributed by atoms with E-state index in [0.717, 1.165) is 5.56 Å². The van der Waals surface area contributed by atoms with E-state index in [4.69, 9.17) is 4.74 Å². The van der Waals surface area contributed by atoms with Crippen molar-refractivity contribution in [3.8, 4) is 0 Å². The molecular weight excluding hydrogens is 278 g/mol. The van der Waals surface area contributed by atoms with E-state index in [1.165, 1.54) is 12.3 Å². The molecule has 1 N–H and O–H groups in total. The minimum atomic E-state index is -0.630. The monoisotopic (exact) mass is 297 g/mol. The zero-order valence-electron chi connectivity index (χ0n) is 12.9. The van der Waals surface area contributed by atoms with Gasteiger partial charge >= 0.3 is 5.97 Å². The molecule has 0 amide bonds. The molecule has 1 heterocycles. The number of carbonyl (C=O) groups excluding carboxylic acids is 1. The van der Waals surface area contributed by atoms with Crippen LogP contribution in [0.4, 0.5) is 0 Å². The highest BCUT2D eigenvalue weighted by molar-refractivity contribution is 5.89. The second kappa shape index (κ2) is 6.43. The van der Waals surface area contributed by atoms with Crippen LogP contribution in [0, 0.1) is 0 Å². The van der Waals surface area contributed by atoms with E-state index in [2.05, 4.69) is 4.98 Å². The molecule has 0 atom stereocenters. The van der Waals surface area contributed by atoms with Crippen LogP contribution in [0.3, 0.4) is 0 Å². The number of H-pyrrole nitrogens is 1. The highest BCUT2D eigenvalue weighted by Gasteiger charge is 2.19. The van der Waals surface area contributed by atoms with E-state index in [0.29, 0.717) is 5.69 Å². The normalized spacial score (nSPS) is 11.6. The maximum atomic E-state index is 12.0. The molecule has 0 spiro atoms. The van der Waals surface area contributed by atoms with Gasteiger partial charge in [0.15, 0.2) is 5.43 Å². The molecule has 2 aromatic rings. The lowest BCUT2D eigenvalue weighted by Crippen LogP contribution is -2.27. The van der Waals surface area contributed by atoms with Crippen molar-refractivity contribution < 1.29 is 9.53 Å². The van der Waals surface area contributed by atoms with Crippen LogP contribution >= 0.6 is 0 Å². The smallest absolute Gasteiger partial charge is 0.344 e. The zero-order valence-corrected chi connectivity index (χ0v) is 12.9. The van der Waals surface area contributed by atoms with Gasteiger partial charge in [0.2, 0.25) is 0 Å². The minimum absolute atomic E-state index is 0.00628. The fourth-order valence-corrected chi connectivity index (χ4v) is 1.83. The predicted molar refractivity (Wildman–Crippen MR) is 87.6 cm³/mol. The largest absolute Gasteiger partial charge is 0.456 e. The highest BCUT2D eigenvalue weighted by Crippen LogP contribution is 2.10. The van der Waals surface area contributed by atoms with Gasteiger partial charge in [-0.15, -0.1) is 0 Å². The van der Waals surface area contributed by atoms with Crippen molar-refractivity contribution >= 4 is 18.1 Å². The average molecular weight is 297 g/mol.